The van der Waals surface area contributed by atoms with E-state index in [9.17, 15) is 9.90 Å². The highest BCUT2D eigenvalue weighted by Gasteiger charge is 2.14. The second-order valence-corrected chi connectivity index (χ2v) is 3.41. The van der Waals surface area contributed by atoms with Crippen LogP contribution in [-0.2, 0) is 11.2 Å². The zero-order valence-corrected chi connectivity index (χ0v) is 10.4. The molecule has 1 aromatic carbocycles. The average molecular weight is 252 g/mol. The third-order valence-electron chi connectivity index (χ3n) is 2.18. The van der Waals surface area contributed by atoms with Gasteiger partial charge in [-0.05, 0) is 19.4 Å². The summed E-state index contributed by atoms with van der Waals surface area (Å²) < 4.78 is 14.7. The largest absolute Gasteiger partial charge is 0.513 e. The summed E-state index contributed by atoms with van der Waals surface area (Å²) in [5.41, 5.74) is 0.674. The molecule has 5 heteroatoms. The molecule has 1 N–H and O–H groups in total. The van der Waals surface area contributed by atoms with Crippen molar-refractivity contribution in [2.24, 2.45) is 0 Å². The van der Waals surface area contributed by atoms with Crippen LogP contribution in [0.15, 0.2) is 24.8 Å². The molecule has 0 aliphatic rings. The maximum Gasteiger partial charge on any atom is 0.513 e. The minimum atomic E-state index is -0.813. The molecule has 0 aromatic heterocycles. The Balaban J connectivity index is 3.04. The van der Waals surface area contributed by atoms with Gasteiger partial charge in [0.25, 0.3) is 0 Å². The molecule has 0 heterocycles. The van der Waals surface area contributed by atoms with Gasteiger partial charge in [0.05, 0.1) is 13.7 Å². The Kier molecular flexibility index (Phi) is 5.05. The molecule has 0 saturated heterocycles. The molecule has 0 aliphatic heterocycles. The van der Waals surface area contributed by atoms with E-state index in [1.54, 1.807) is 19.1 Å². The second-order valence-electron chi connectivity index (χ2n) is 3.41. The lowest BCUT2D eigenvalue weighted by Gasteiger charge is -2.11. The average Bonchev–Trinajstić information content (AvgIpc) is 2.33. The minimum absolute atomic E-state index is 0.107. The first kappa shape index (κ1) is 13.9. The van der Waals surface area contributed by atoms with Crippen LogP contribution in [0.25, 0.3) is 0 Å². The highest BCUT2D eigenvalue weighted by Crippen LogP contribution is 2.34. The van der Waals surface area contributed by atoms with Gasteiger partial charge < -0.3 is 19.3 Å². The molecular weight excluding hydrogens is 236 g/mol. The first-order valence-electron chi connectivity index (χ1n) is 5.47. The number of allylic oxidation sites excluding steroid dienone is 1. The molecule has 18 heavy (non-hydrogen) atoms. The number of carbonyl (C=O) groups excluding carboxylic acids is 1. The highest BCUT2D eigenvalue weighted by molar-refractivity contribution is 5.65. The number of rotatable bonds is 5. The molecule has 0 amide bonds. The van der Waals surface area contributed by atoms with E-state index in [0.29, 0.717) is 17.7 Å². The molecule has 0 saturated carbocycles. The lowest BCUT2D eigenvalue weighted by molar-refractivity contribution is 0.104. The summed E-state index contributed by atoms with van der Waals surface area (Å²) in [7, 11) is 1.44. The first-order valence-corrected chi connectivity index (χ1v) is 5.47. The van der Waals surface area contributed by atoms with Crippen LogP contribution in [-0.4, -0.2) is 25.0 Å². The Morgan fingerprint density at radius 2 is 2.17 bits per heavy atom. The van der Waals surface area contributed by atoms with Crippen LogP contribution in [0.3, 0.4) is 0 Å². The summed E-state index contributed by atoms with van der Waals surface area (Å²) in [6.45, 7) is 5.51. The van der Waals surface area contributed by atoms with Crippen molar-refractivity contribution in [1.82, 2.24) is 0 Å². The van der Waals surface area contributed by atoms with Gasteiger partial charge in [0.1, 0.15) is 5.75 Å². The monoisotopic (exact) mass is 252 g/mol. The molecule has 5 nitrogen and oxygen atoms in total. The van der Waals surface area contributed by atoms with E-state index >= 15 is 0 Å². The van der Waals surface area contributed by atoms with Gasteiger partial charge in [-0.25, -0.2) is 4.79 Å². The lowest BCUT2D eigenvalue weighted by atomic mass is 10.1. The number of methoxy groups -OCH3 is 1. The summed E-state index contributed by atoms with van der Waals surface area (Å²) >= 11 is 0. The van der Waals surface area contributed by atoms with Crippen LogP contribution in [0.5, 0.6) is 17.2 Å². The molecule has 0 unspecified atom stereocenters. The molecular formula is C13H16O5. The van der Waals surface area contributed by atoms with Crippen molar-refractivity contribution in [3.05, 3.63) is 30.4 Å². The highest BCUT2D eigenvalue weighted by atomic mass is 16.7. The maximum atomic E-state index is 11.3. The van der Waals surface area contributed by atoms with Gasteiger partial charge in [-0.3, -0.25) is 0 Å². The van der Waals surface area contributed by atoms with E-state index in [1.165, 1.54) is 13.2 Å². The SMILES string of the molecule is C=CCc1cc(OC)c(O)cc1OC(=O)OCC. The number of ether oxygens (including phenoxy) is 3. The molecule has 1 rings (SSSR count). The molecule has 0 atom stereocenters. The summed E-state index contributed by atoms with van der Waals surface area (Å²) in [5.74, 6) is 0.430. The Hall–Kier alpha value is -2.17. The predicted molar refractivity (Wildman–Crippen MR) is 66.2 cm³/mol. The number of hydrogen-bond acceptors (Lipinski definition) is 5. The van der Waals surface area contributed by atoms with Crippen molar-refractivity contribution in [3.63, 3.8) is 0 Å². The van der Waals surface area contributed by atoms with Gasteiger partial charge in [0.15, 0.2) is 11.5 Å². The van der Waals surface area contributed by atoms with Crippen LogP contribution in [0, 0.1) is 0 Å². The van der Waals surface area contributed by atoms with Crippen LogP contribution < -0.4 is 9.47 Å². The van der Waals surface area contributed by atoms with Crippen molar-refractivity contribution in [2.75, 3.05) is 13.7 Å². The van der Waals surface area contributed by atoms with Crippen molar-refractivity contribution >= 4 is 6.16 Å². The molecule has 0 aliphatic carbocycles. The molecule has 0 spiro atoms. The molecule has 0 fully saturated rings. The molecule has 1 aromatic rings. The van der Waals surface area contributed by atoms with E-state index in [4.69, 9.17) is 9.47 Å². The predicted octanol–water partition coefficient (Wildman–Crippen LogP) is 2.66. The Morgan fingerprint density at radius 3 is 2.72 bits per heavy atom. The first-order chi connectivity index (χ1) is 8.62. The van der Waals surface area contributed by atoms with Crippen molar-refractivity contribution < 1.29 is 24.1 Å². The van der Waals surface area contributed by atoms with E-state index in [1.807, 2.05) is 0 Å². The van der Waals surface area contributed by atoms with Crippen molar-refractivity contribution in [3.8, 4) is 17.2 Å². The Labute approximate surface area is 106 Å². The number of aromatic hydroxyl groups is 1. The summed E-state index contributed by atoms with van der Waals surface area (Å²) in [4.78, 5) is 11.3. The second kappa shape index (κ2) is 6.54. The van der Waals surface area contributed by atoms with E-state index < -0.39 is 6.16 Å². The van der Waals surface area contributed by atoms with Gasteiger partial charge >= 0.3 is 6.16 Å². The quantitative estimate of drug-likeness (QED) is 0.496. The third-order valence-corrected chi connectivity index (χ3v) is 2.18. The lowest BCUT2D eigenvalue weighted by Crippen LogP contribution is -2.11. The smallest absolute Gasteiger partial charge is 0.504 e. The fourth-order valence-corrected chi connectivity index (χ4v) is 1.40. The number of benzene rings is 1. The van der Waals surface area contributed by atoms with E-state index in [0.717, 1.165) is 0 Å². The minimum Gasteiger partial charge on any atom is -0.504 e. The Bertz CT molecular complexity index is 439. The third kappa shape index (κ3) is 3.41. The number of phenols is 1. The summed E-state index contributed by atoms with van der Waals surface area (Å²) in [6.07, 6.45) is 1.32. The van der Waals surface area contributed by atoms with Gasteiger partial charge in [-0.2, -0.15) is 0 Å². The van der Waals surface area contributed by atoms with Gasteiger partial charge in [0, 0.05) is 11.6 Å². The normalized spacial score (nSPS) is 9.67. The van der Waals surface area contributed by atoms with E-state index in [2.05, 4.69) is 11.3 Å². The molecule has 0 radical (unpaired) electrons. The summed E-state index contributed by atoms with van der Waals surface area (Å²) in [5, 5.41) is 9.64. The van der Waals surface area contributed by atoms with Crippen molar-refractivity contribution in [2.45, 2.75) is 13.3 Å². The van der Waals surface area contributed by atoms with Crippen molar-refractivity contribution in [1.29, 1.82) is 0 Å². The molecule has 98 valence electrons. The molecule has 0 bridgehead atoms. The zero-order chi connectivity index (χ0) is 13.5. The Morgan fingerprint density at radius 1 is 1.44 bits per heavy atom. The standard InChI is InChI=1S/C13H16O5/c1-4-6-9-7-12(16-3)10(14)8-11(9)18-13(15)17-5-2/h4,7-8,14H,1,5-6H2,2-3H3. The fourth-order valence-electron chi connectivity index (χ4n) is 1.40. The zero-order valence-electron chi connectivity index (χ0n) is 10.4. The summed E-state index contributed by atoms with van der Waals surface area (Å²) in [6, 6.07) is 2.90. The number of hydrogen-bond donors (Lipinski definition) is 1. The maximum absolute atomic E-state index is 11.3. The van der Waals surface area contributed by atoms with Crippen LogP contribution >= 0.6 is 0 Å². The van der Waals surface area contributed by atoms with E-state index in [-0.39, 0.29) is 18.1 Å². The number of phenolic OH excluding ortho intramolecular Hbond substituents is 1. The number of carbonyl (C=O) groups is 1. The topological polar surface area (TPSA) is 65.0 Å². The fraction of sp³-hybridized carbons (Fsp3) is 0.308. The van der Waals surface area contributed by atoms with Crippen LogP contribution in [0.1, 0.15) is 12.5 Å². The van der Waals surface area contributed by atoms with Gasteiger partial charge in [-0.1, -0.05) is 6.08 Å². The van der Waals surface area contributed by atoms with Crippen LogP contribution in [0.4, 0.5) is 4.79 Å². The van der Waals surface area contributed by atoms with Gasteiger partial charge in [0.2, 0.25) is 0 Å². The van der Waals surface area contributed by atoms with Crippen LogP contribution in [0.2, 0.25) is 0 Å². The van der Waals surface area contributed by atoms with Gasteiger partial charge in [-0.15, -0.1) is 6.58 Å².